The Labute approximate surface area is 165 Å². The smallest absolute Gasteiger partial charge is 0.282 e. The van der Waals surface area contributed by atoms with Crippen molar-refractivity contribution in [2.45, 2.75) is 12.6 Å². The van der Waals surface area contributed by atoms with E-state index in [2.05, 4.69) is 9.88 Å². The summed E-state index contributed by atoms with van der Waals surface area (Å²) in [6.07, 6.45) is 1.64. The Kier molecular flexibility index (Phi) is 5.13. The van der Waals surface area contributed by atoms with Crippen molar-refractivity contribution in [2.24, 2.45) is 11.8 Å². The number of hydrogen-bond donors (Lipinski definition) is 1. The normalized spacial score (nSPS) is 26.0. The minimum absolute atomic E-state index is 0.0593. The highest BCUT2D eigenvalue weighted by atomic mass is 32.2. The van der Waals surface area contributed by atoms with E-state index in [1.165, 1.54) is 4.31 Å². The number of aromatic nitrogens is 1. The average Bonchev–Trinajstić information content (AvgIpc) is 3.21. The van der Waals surface area contributed by atoms with Crippen LogP contribution in [0.25, 0.3) is 0 Å². The molecule has 2 aromatic rings. The minimum Gasteiger partial charge on any atom is -0.329 e. The SMILES string of the molecule is CN(C)S(=O)(=O)N1C[C@@H]2CN(Cc3ccc[nH]c3=O)C[C@@H]2[C@H]1c1ccccc1. The van der Waals surface area contributed by atoms with Crippen LogP contribution in [-0.2, 0) is 16.8 Å². The van der Waals surface area contributed by atoms with Gasteiger partial charge in [0.05, 0.1) is 6.04 Å². The zero-order valence-corrected chi connectivity index (χ0v) is 17.0. The van der Waals surface area contributed by atoms with E-state index in [1.54, 1.807) is 24.6 Å². The number of H-pyrrole nitrogens is 1. The molecule has 3 atom stereocenters. The van der Waals surface area contributed by atoms with Crippen LogP contribution >= 0.6 is 0 Å². The lowest BCUT2D eigenvalue weighted by Gasteiger charge is -2.31. The van der Waals surface area contributed by atoms with Crippen LogP contribution in [-0.4, -0.2) is 60.6 Å². The molecule has 0 amide bonds. The predicted octanol–water partition coefficient (Wildman–Crippen LogP) is 1.29. The molecule has 3 heterocycles. The van der Waals surface area contributed by atoms with Gasteiger partial charge in [0.1, 0.15) is 0 Å². The Morgan fingerprint density at radius 1 is 1.07 bits per heavy atom. The van der Waals surface area contributed by atoms with Crippen molar-refractivity contribution in [3.63, 3.8) is 0 Å². The van der Waals surface area contributed by atoms with Gasteiger partial charge in [-0.15, -0.1) is 0 Å². The highest BCUT2D eigenvalue weighted by molar-refractivity contribution is 7.86. The second kappa shape index (κ2) is 7.44. The first-order chi connectivity index (χ1) is 13.4. The van der Waals surface area contributed by atoms with Gasteiger partial charge in [-0.05, 0) is 23.5 Å². The highest BCUT2D eigenvalue weighted by Gasteiger charge is 2.51. The molecule has 1 N–H and O–H groups in total. The van der Waals surface area contributed by atoms with E-state index in [-0.39, 0.29) is 23.4 Å². The average molecular weight is 403 g/mol. The van der Waals surface area contributed by atoms with Crippen molar-refractivity contribution in [3.8, 4) is 0 Å². The van der Waals surface area contributed by atoms with Crippen molar-refractivity contribution in [1.29, 1.82) is 0 Å². The number of rotatable bonds is 5. The van der Waals surface area contributed by atoms with Gasteiger partial charge < -0.3 is 4.98 Å². The summed E-state index contributed by atoms with van der Waals surface area (Å²) >= 11 is 0. The molecule has 0 saturated carbocycles. The molecule has 2 aliphatic rings. The predicted molar refractivity (Wildman–Crippen MR) is 108 cm³/mol. The van der Waals surface area contributed by atoms with Gasteiger partial charge in [-0.1, -0.05) is 36.4 Å². The summed E-state index contributed by atoms with van der Waals surface area (Å²) in [7, 11) is -0.340. The van der Waals surface area contributed by atoms with Gasteiger partial charge in [-0.25, -0.2) is 0 Å². The third-order valence-electron chi connectivity index (χ3n) is 5.89. The van der Waals surface area contributed by atoms with Crippen LogP contribution < -0.4 is 5.56 Å². The maximum absolute atomic E-state index is 13.0. The molecule has 2 aliphatic heterocycles. The number of likely N-dealkylation sites (tertiary alicyclic amines) is 1. The van der Waals surface area contributed by atoms with Gasteiger partial charge in [0.15, 0.2) is 0 Å². The number of pyridine rings is 1. The quantitative estimate of drug-likeness (QED) is 0.818. The minimum atomic E-state index is -3.51. The van der Waals surface area contributed by atoms with E-state index in [0.717, 1.165) is 24.2 Å². The maximum atomic E-state index is 13.0. The molecular formula is C20H26N4O3S. The molecular weight excluding hydrogens is 376 g/mol. The Hall–Kier alpha value is -2.00. The maximum Gasteiger partial charge on any atom is 0.282 e. The molecule has 0 aliphatic carbocycles. The Morgan fingerprint density at radius 3 is 2.50 bits per heavy atom. The van der Waals surface area contributed by atoms with Crippen molar-refractivity contribution in [2.75, 3.05) is 33.7 Å². The number of benzene rings is 1. The summed E-state index contributed by atoms with van der Waals surface area (Å²) in [5.41, 5.74) is 1.72. The summed E-state index contributed by atoms with van der Waals surface area (Å²) in [6, 6.07) is 13.4. The number of aromatic amines is 1. The van der Waals surface area contributed by atoms with E-state index in [4.69, 9.17) is 0 Å². The first kappa shape index (κ1) is 19.3. The first-order valence-corrected chi connectivity index (χ1v) is 10.9. The lowest BCUT2D eigenvalue weighted by atomic mass is 9.90. The molecule has 2 saturated heterocycles. The van der Waals surface area contributed by atoms with Crippen LogP contribution in [0.5, 0.6) is 0 Å². The van der Waals surface area contributed by atoms with Crippen molar-refractivity contribution < 1.29 is 8.42 Å². The standard InChI is InChI=1S/C20H26N4O3S/c1-22(2)28(26,27)24-13-17-12-23(11-16-9-6-10-21-20(16)25)14-18(17)19(24)15-7-4-3-5-8-15/h3-10,17-19H,11-14H2,1-2H3,(H,21,25)/t17-,18-,19+/m0/s1. The summed E-state index contributed by atoms with van der Waals surface area (Å²) in [6.45, 7) is 2.66. The van der Waals surface area contributed by atoms with E-state index >= 15 is 0 Å². The van der Waals surface area contributed by atoms with E-state index in [1.807, 2.05) is 42.5 Å². The van der Waals surface area contributed by atoms with Gasteiger partial charge in [-0.3, -0.25) is 9.69 Å². The first-order valence-electron chi connectivity index (χ1n) is 9.51. The van der Waals surface area contributed by atoms with Gasteiger partial charge in [0, 0.05) is 52.0 Å². The summed E-state index contributed by atoms with van der Waals surface area (Å²) in [5.74, 6) is 0.461. The molecule has 8 heteroatoms. The van der Waals surface area contributed by atoms with Gasteiger partial charge in [0.2, 0.25) is 0 Å². The van der Waals surface area contributed by atoms with Crippen LogP contribution in [0.1, 0.15) is 17.2 Å². The number of nitrogens with one attached hydrogen (secondary N) is 1. The molecule has 7 nitrogen and oxygen atoms in total. The zero-order valence-electron chi connectivity index (χ0n) is 16.2. The summed E-state index contributed by atoms with van der Waals surface area (Å²) in [5, 5.41) is 0. The molecule has 0 unspecified atom stereocenters. The second-order valence-electron chi connectivity index (χ2n) is 7.86. The summed E-state index contributed by atoms with van der Waals surface area (Å²) in [4.78, 5) is 17.0. The molecule has 1 aromatic heterocycles. The lowest BCUT2D eigenvalue weighted by molar-refractivity contribution is 0.253. The molecule has 0 spiro atoms. The largest absolute Gasteiger partial charge is 0.329 e. The Bertz CT molecular complexity index is 990. The molecule has 0 radical (unpaired) electrons. The monoisotopic (exact) mass is 402 g/mol. The Balaban J connectivity index is 1.61. The molecule has 4 rings (SSSR count). The molecule has 28 heavy (non-hydrogen) atoms. The van der Waals surface area contributed by atoms with E-state index in [9.17, 15) is 13.2 Å². The zero-order chi connectivity index (χ0) is 19.9. The summed E-state index contributed by atoms with van der Waals surface area (Å²) < 4.78 is 28.9. The third kappa shape index (κ3) is 3.41. The fourth-order valence-electron chi connectivity index (χ4n) is 4.56. The van der Waals surface area contributed by atoms with Crippen LogP contribution in [0.3, 0.4) is 0 Å². The number of nitrogens with zero attached hydrogens (tertiary/aromatic N) is 3. The van der Waals surface area contributed by atoms with Crippen LogP contribution in [0.4, 0.5) is 0 Å². The van der Waals surface area contributed by atoms with Crippen molar-refractivity contribution in [1.82, 2.24) is 18.5 Å². The van der Waals surface area contributed by atoms with Crippen molar-refractivity contribution >= 4 is 10.2 Å². The highest BCUT2D eigenvalue weighted by Crippen LogP contribution is 2.46. The topological polar surface area (TPSA) is 76.7 Å². The van der Waals surface area contributed by atoms with Crippen LogP contribution in [0, 0.1) is 11.8 Å². The van der Waals surface area contributed by atoms with Gasteiger partial charge >= 0.3 is 0 Å². The van der Waals surface area contributed by atoms with E-state index < -0.39 is 10.2 Å². The number of fused-ring (bicyclic) bond motifs is 1. The molecule has 2 fully saturated rings. The molecule has 150 valence electrons. The van der Waals surface area contributed by atoms with Crippen LogP contribution in [0.15, 0.2) is 53.5 Å². The van der Waals surface area contributed by atoms with Crippen molar-refractivity contribution in [3.05, 3.63) is 70.1 Å². The molecule has 0 bridgehead atoms. The van der Waals surface area contributed by atoms with Gasteiger partial charge in [0.25, 0.3) is 15.8 Å². The fourth-order valence-corrected chi connectivity index (χ4v) is 5.92. The molecule has 1 aromatic carbocycles. The van der Waals surface area contributed by atoms with Crippen LogP contribution in [0.2, 0.25) is 0 Å². The van der Waals surface area contributed by atoms with Gasteiger partial charge in [-0.2, -0.15) is 17.0 Å². The fraction of sp³-hybridized carbons (Fsp3) is 0.450. The third-order valence-corrected chi connectivity index (χ3v) is 7.78. The second-order valence-corrected chi connectivity index (χ2v) is 9.95. The lowest BCUT2D eigenvalue weighted by Crippen LogP contribution is -2.42. The number of hydrogen-bond acceptors (Lipinski definition) is 4. The Morgan fingerprint density at radius 2 is 1.82 bits per heavy atom. The van der Waals surface area contributed by atoms with E-state index in [0.29, 0.717) is 13.1 Å².